The monoisotopic (exact) mass is 243 g/mol. The van der Waals surface area contributed by atoms with Crippen LogP contribution in [0.5, 0.6) is 0 Å². The summed E-state index contributed by atoms with van der Waals surface area (Å²) < 4.78 is 0. The molecule has 1 heteroatoms. The lowest BCUT2D eigenvalue weighted by Gasteiger charge is -2.10. The van der Waals surface area contributed by atoms with Gasteiger partial charge in [-0.25, -0.2) is 0 Å². The molecule has 0 fully saturated rings. The number of rotatable bonds is 1. The molecule has 0 bridgehead atoms. The van der Waals surface area contributed by atoms with E-state index < -0.39 is 0 Å². The highest BCUT2D eigenvalue weighted by atomic mass is 14.2. The van der Waals surface area contributed by atoms with Crippen molar-refractivity contribution in [3.8, 4) is 17.2 Å². The van der Waals surface area contributed by atoms with E-state index in [-0.39, 0.29) is 0 Å². The highest BCUT2D eigenvalue weighted by molar-refractivity contribution is 5.99. The number of nitrogens with zero attached hydrogens (tertiary/aromatic N) is 1. The van der Waals surface area contributed by atoms with Crippen molar-refractivity contribution in [2.75, 3.05) is 0 Å². The first-order valence-electron chi connectivity index (χ1n) is 6.29. The van der Waals surface area contributed by atoms with Gasteiger partial charge in [-0.3, -0.25) is 0 Å². The van der Waals surface area contributed by atoms with Crippen LogP contribution in [0.2, 0.25) is 0 Å². The smallest absolute Gasteiger partial charge is 0.0998 e. The van der Waals surface area contributed by atoms with Crippen LogP contribution >= 0.6 is 0 Å². The summed E-state index contributed by atoms with van der Waals surface area (Å²) in [7, 11) is 0. The number of fused-ring (bicyclic) bond motifs is 1. The van der Waals surface area contributed by atoms with Crippen molar-refractivity contribution in [2.24, 2.45) is 0 Å². The Morgan fingerprint density at radius 3 is 2.26 bits per heavy atom. The van der Waals surface area contributed by atoms with Crippen molar-refractivity contribution in [1.29, 1.82) is 5.26 Å². The number of hydrogen-bond acceptors (Lipinski definition) is 1. The van der Waals surface area contributed by atoms with Gasteiger partial charge in [-0.15, -0.1) is 0 Å². The van der Waals surface area contributed by atoms with Gasteiger partial charge in [0.05, 0.1) is 11.6 Å². The Balaban J connectivity index is 2.38. The molecule has 3 rings (SSSR count). The Morgan fingerprint density at radius 2 is 1.42 bits per heavy atom. The lowest BCUT2D eigenvalue weighted by atomic mass is 9.93. The third-order valence-electron chi connectivity index (χ3n) is 3.48. The fourth-order valence-corrected chi connectivity index (χ4v) is 2.52. The van der Waals surface area contributed by atoms with Gasteiger partial charge in [0.1, 0.15) is 0 Å². The van der Waals surface area contributed by atoms with Gasteiger partial charge in [-0.2, -0.15) is 5.26 Å². The van der Waals surface area contributed by atoms with Crippen LogP contribution < -0.4 is 0 Å². The summed E-state index contributed by atoms with van der Waals surface area (Å²) in [6.07, 6.45) is 0. The van der Waals surface area contributed by atoms with E-state index in [1.807, 2.05) is 24.3 Å². The summed E-state index contributed by atoms with van der Waals surface area (Å²) >= 11 is 0. The van der Waals surface area contributed by atoms with Crippen molar-refractivity contribution >= 4 is 10.8 Å². The average Bonchev–Trinajstić information content (AvgIpc) is 2.47. The number of aryl methyl sites for hydroxylation is 1. The van der Waals surface area contributed by atoms with E-state index in [1.165, 1.54) is 16.3 Å². The lowest BCUT2D eigenvalue weighted by molar-refractivity contribution is 1.48. The third-order valence-corrected chi connectivity index (χ3v) is 3.48. The normalized spacial score (nSPS) is 10.3. The maximum Gasteiger partial charge on any atom is 0.0998 e. The van der Waals surface area contributed by atoms with E-state index in [9.17, 15) is 5.26 Å². The first kappa shape index (κ1) is 11.5. The molecule has 0 aliphatic carbocycles. The van der Waals surface area contributed by atoms with E-state index in [0.29, 0.717) is 0 Å². The first-order chi connectivity index (χ1) is 9.31. The van der Waals surface area contributed by atoms with Crippen LogP contribution in [-0.2, 0) is 0 Å². The Labute approximate surface area is 112 Å². The molecule has 0 radical (unpaired) electrons. The van der Waals surface area contributed by atoms with Gasteiger partial charge in [0.25, 0.3) is 0 Å². The van der Waals surface area contributed by atoms with E-state index in [4.69, 9.17) is 0 Å². The van der Waals surface area contributed by atoms with Crippen molar-refractivity contribution < 1.29 is 0 Å². The summed E-state index contributed by atoms with van der Waals surface area (Å²) in [6, 6.07) is 22.6. The molecule has 0 amide bonds. The molecule has 3 aromatic carbocycles. The molecule has 0 atom stereocenters. The van der Waals surface area contributed by atoms with Crippen molar-refractivity contribution in [2.45, 2.75) is 6.92 Å². The summed E-state index contributed by atoms with van der Waals surface area (Å²) in [4.78, 5) is 0. The van der Waals surface area contributed by atoms with Crippen LogP contribution in [0.15, 0.2) is 60.7 Å². The van der Waals surface area contributed by atoms with E-state index in [1.54, 1.807) is 0 Å². The number of benzene rings is 3. The van der Waals surface area contributed by atoms with E-state index in [0.717, 1.165) is 16.7 Å². The molecular formula is C18H13N. The van der Waals surface area contributed by atoms with Crippen LogP contribution in [0.3, 0.4) is 0 Å². The maximum atomic E-state index is 9.26. The Bertz CT molecular complexity index is 794. The van der Waals surface area contributed by atoms with Crippen molar-refractivity contribution in [3.05, 3.63) is 71.8 Å². The molecule has 90 valence electrons. The van der Waals surface area contributed by atoms with Crippen LogP contribution in [0.1, 0.15) is 11.1 Å². The molecule has 0 aliphatic heterocycles. The molecule has 0 aliphatic rings. The largest absolute Gasteiger partial charge is 0.192 e. The number of nitriles is 1. The standard InChI is InChI=1S/C18H13N/c1-13-6-4-10-17-15(13)9-5-11-18(17)16-8-3-2-7-14(16)12-19/h2-11H,1H3. The molecule has 0 unspecified atom stereocenters. The molecule has 0 heterocycles. The molecule has 0 saturated carbocycles. The second-order valence-corrected chi connectivity index (χ2v) is 4.63. The molecule has 1 nitrogen and oxygen atoms in total. The second-order valence-electron chi connectivity index (χ2n) is 4.63. The van der Waals surface area contributed by atoms with Crippen LogP contribution in [-0.4, -0.2) is 0 Å². The zero-order valence-corrected chi connectivity index (χ0v) is 10.7. The second kappa shape index (κ2) is 4.59. The molecule has 0 saturated heterocycles. The number of hydrogen-bond donors (Lipinski definition) is 0. The summed E-state index contributed by atoms with van der Waals surface area (Å²) in [5.74, 6) is 0. The summed E-state index contributed by atoms with van der Waals surface area (Å²) in [5.41, 5.74) is 4.10. The minimum Gasteiger partial charge on any atom is -0.192 e. The molecule has 0 aromatic heterocycles. The summed E-state index contributed by atoms with van der Waals surface area (Å²) in [5, 5.41) is 11.7. The van der Waals surface area contributed by atoms with Gasteiger partial charge in [-0.1, -0.05) is 54.6 Å². The van der Waals surface area contributed by atoms with Gasteiger partial charge in [0.2, 0.25) is 0 Å². The molecule has 3 aromatic rings. The van der Waals surface area contributed by atoms with Crippen LogP contribution in [0.25, 0.3) is 21.9 Å². The van der Waals surface area contributed by atoms with Crippen molar-refractivity contribution in [1.82, 2.24) is 0 Å². The molecule has 19 heavy (non-hydrogen) atoms. The zero-order valence-electron chi connectivity index (χ0n) is 10.7. The average molecular weight is 243 g/mol. The van der Waals surface area contributed by atoms with Gasteiger partial charge >= 0.3 is 0 Å². The Kier molecular flexibility index (Phi) is 2.78. The van der Waals surface area contributed by atoms with E-state index >= 15 is 0 Å². The first-order valence-corrected chi connectivity index (χ1v) is 6.29. The molecule has 0 N–H and O–H groups in total. The maximum absolute atomic E-state index is 9.26. The molecular weight excluding hydrogens is 230 g/mol. The summed E-state index contributed by atoms with van der Waals surface area (Å²) in [6.45, 7) is 2.11. The topological polar surface area (TPSA) is 23.8 Å². The van der Waals surface area contributed by atoms with Gasteiger partial charge < -0.3 is 0 Å². The van der Waals surface area contributed by atoms with Crippen LogP contribution in [0.4, 0.5) is 0 Å². The van der Waals surface area contributed by atoms with Gasteiger partial charge in [0.15, 0.2) is 0 Å². The lowest BCUT2D eigenvalue weighted by Crippen LogP contribution is -1.87. The predicted molar refractivity (Wildman–Crippen MR) is 78.8 cm³/mol. The van der Waals surface area contributed by atoms with Gasteiger partial charge in [0, 0.05) is 5.56 Å². The SMILES string of the molecule is Cc1cccc2c(-c3ccccc3C#N)cccc12. The fraction of sp³-hybridized carbons (Fsp3) is 0.0556. The minimum atomic E-state index is 0.719. The van der Waals surface area contributed by atoms with Gasteiger partial charge in [-0.05, 0) is 34.9 Å². The van der Waals surface area contributed by atoms with Crippen LogP contribution in [0, 0.1) is 18.3 Å². The predicted octanol–water partition coefficient (Wildman–Crippen LogP) is 4.69. The van der Waals surface area contributed by atoms with E-state index in [2.05, 4.69) is 49.4 Å². The Morgan fingerprint density at radius 1 is 0.737 bits per heavy atom. The highest BCUT2D eigenvalue weighted by Gasteiger charge is 2.08. The Hall–Kier alpha value is -2.59. The quantitative estimate of drug-likeness (QED) is 0.608. The fourth-order valence-electron chi connectivity index (χ4n) is 2.52. The third kappa shape index (κ3) is 1.88. The highest BCUT2D eigenvalue weighted by Crippen LogP contribution is 2.31. The van der Waals surface area contributed by atoms with Crippen molar-refractivity contribution in [3.63, 3.8) is 0 Å². The minimum absolute atomic E-state index is 0.719. The molecule has 0 spiro atoms. The zero-order chi connectivity index (χ0) is 13.2.